The molecule has 6 nitrogen and oxygen atoms in total. The molecule has 0 saturated heterocycles. The van der Waals surface area contributed by atoms with E-state index in [0.717, 1.165) is 16.6 Å². The van der Waals surface area contributed by atoms with Gasteiger partial charge in [-0.1, -0.05) is 18.2 Å². The summed E-state index contributed by atoms with van der Waals surface area (Å²) in [5.41, 5.74) is 8.63. The van der Waals surface area contributed by atoms with Crippen molar-refractivity contribution in [2.24, 2.45) is 10.7 Å². The summed E-state index contributed by atoms with van der Waals surface area (Å²) in [5.74, 6) is 1.16. The Bertz CT molecular complexity index is 917. The summed E-state index contributed by atoms with van der Waals surface area (Å²) in [5, 5.41) is 12.7. The first-order valence-corrected chi connectivity index (χ1v) is 7.48. The topological polar surface area (TPSA) is 88.5 Å². The van der Waals surface area contributed by atoms with Gasteiger partial charge in [0.2, 0.25) is 5.95 Å². The van der Waals surface area contributed by atoms with Crippen LogP contribution in [0.2, 0.25) is 0 Å². The van der Waals surface area contributed by atoms with Crippen LogP contribution < -0.4 is 11.1 Å². The molecule has 1 atom stereocenters. The van der Waals surface area contributed by atoms with Crippen molar-refractivity contribution >= 4 is 38.9 Å². The lowest BCUT2D eigenvalue weighted by molar-refractivity contribution is 0.471. The van der Waals surface area contributed by atoms with Gasteiger partial charge < -0.3 is 10.8 Å². The second-order valence-corrected chi connectivity index (χ2v) is 5.87. The number of nitrogens with one attached hydrogen (secondary N) is 1. The van der Waals surface area contributed by atoms with Crippen LogP contribution in [-0.2, 0) is 0 Å². The average Bonchev–Trinajstić information content (AvgIpc) is 2.87. The smallest absolute Gasteiger partial charge is 0.212 e. The van der Waals surface area contributed by atoms with Gasteiger partial charge in [-0.15, -0.1) is 0 Å². The Morgan fingerprint density at radius 3 is 2.86 bits per heavy atom. The molecule has 0 fully saturated rings. The number of aliphatic imine (C=N–C) groups is 1. The van der Waals surface area contributed by atoms with Crippen molar-refractivity contribution < 1.29 is 5.11 Å². The zero-order valence-corrected chi connectivity index (χ0v) is 12.9. The molecule has 0 aliphatic carbocycles. The molecule has 0 radical (unpaired) electrons. The molecular formula is C15H12BrN5O. The summed E-state index contributed by atoms with van der Waals surface area (Å²) >= 11 is 3.34. The number of rotatable bonds is 1. The van der Waals surface area contributed by atoms with Crippen LogP contribution in [-0.4, -0.2) is 20.6 Å². The Hall–Kier alpha value is -2.54. The first kappa shape index (κ1) is 13.1. The Morgan fingerprint density at radius 2 is 2.05 bits per heavy atom. The molecule has 22 heavy (non-hydrogen) atoms. The quantitative estimate of drug-likeness (QED) is 0.624. The molecule has 110 valence electrons. The number of phenolic OH excluding ortho intramolecular Hbond substituents is 1. The van der Waals surface area contributed by atoms with Crippen LogP contribution in [0.15, 0.2) is 51.9 Å². The van der Waals surface area contributed by atoms with Gasteiger partial charge in [-0.05, 0) is 45.8 Å². The number of anilines is 1. The van der Waals surface area contributed by atoms with Gasteiger partial charge in [-0.25, -0.2) is 9.98 Å². The van der Waals surface area contributed by atoms with Crippen LogP contribution in [0, 0.1) is 0 Å². The van der Waals surface area contributed by atoms with Crippen molar-refractivity contribution in [1.29, 1.82) is 0 Å². The number of nitrogens with two attached hydrogens (primary N) is 1. The number of imidazole rings is 1. The van der Waals surface area contributed by atoms with Crippen molar-refractivity contribution in [2.75, 3.05) is 5.32 Å². The van der Waals surface area contributed by atoms with Crippen molar-refractivity contribution in [2.45, 2.75) is 6.17 Å². The van der Waals surface area contributed by atoms with Gasteiger partial charge >= 0.3 is 0 Å². The van der Waals surface area contributed by atoms with E-state index in [0.29, 0.717) is 16.4 Å². The van der Waals surface area contributed by atoms with E-state index in [4.69, 9.17) is 5.73 Å². The van der Waals surface area contributed by atoms with Gasteiger partial charge in [0, 0.05) is 0 Å². The molecule has 7 heteroatoms. The molecule has 0 amide bonds. The third kappa shape index (κ3) is 1.93. The zero-order chi connectivity index (χ0) is 15.3. The molecular weight excluding hydrogens is 346 g/mol. The fraction of sp³-hybridized carbons (Fsp3) is 0.0667. The van der Waals surface area contributed by atoms with Gasteiger partial charge in [-0.3, -0.25) is 9.88 Å². The first-order valence-electron chi connectivity index (χ1n) is 6.69. The number of hydrogen-bond donors (Lipinski definition) is 3. The summed E-state index contributed by atoms with van der Waals surface area (Å²) < 4.78 is 2.60. The number of aromatic nitrogens is 2. The Kier molecular flexibility index (Phi) is 2.83. The highest BCUT2D eigenvalue weighted by Crippen LogP contribution is 2.35. The van der Waals surface area contributed by atoms with Crippen molar-refractivity contribution in [3.8, 4) is 5.75 Å². The number of guanidine groups is 1. The van der Waals surface area contributed by atoms with Crippen LogP contribution in [0.25, 0.3) is 11.0 Å². The lowest BCUT2D eigenvalue weighted by Gasteiger charge is -2.24. The number of aromatic hydroxyl groups is 1. The molecule has 4 rings (SSSR count). The zero-order valence-electron chi connectivity index (χ0n) is 11.4. The lowest BCUT2D eigenvalue weighted by Crippen LogP contribution is -2.31. The fourth-order valence-electron chi connectivity index (χ4n) is 2.62. The number of fused-ring (bicyclic) bond motifs is 3. The molecule has 0 bridgehead atoms. The van der Waals surface area contributed by atoms with E-state index in [1.807, 2.05) is 41.0 Å². The predicted molar refractivity (Wildman–Crippen MR) is 88.9 cm³/mol. The van der Waals surface area contributed by atoms with Crippen LogP contribution in [0.3, 0.4) is 0 Å². The molecule has 1 aromatic heterocycles. The highest BCUT2D eigenvalue weighted by Gasteiger charge is 2.25. The van der Waals surface area contributed by atoms with Crippen LogP contribution in [0.1, 0.15) is 11.7 Å². The van der Waals surface area contributed by atoms with Crippen LogP contribution in [0.4, 0.5) is 5.95 Å². The SMILES string of the molecule is NC1=N[C@@H](c2ccc(O)c(Br)c2)n2c(nc3ccccc32)N1. The van der Waals surface area contributed by atoms with E-state index in [-0.39, 0.29) is 11.9 Å². The summed E-state index contributed by atoms with van der Waals surface area (Å²) in [6, 6.07) is 13.1. The fourth-order valence-corrected chi connectivity index (χ4v) is 3.02. The minimum atomic E-state index is -0.333. The third-order valence-electron chi connectivity index (χ3n) is 3.61. The maximum atomic E-state index is 9.68. The second kappa shape index (κ2) is 4.74. The number of para-hydroxylation sites is 2. The molecule has 2 aromatic carbocycles. The monoisotopic (exact) mass is 357 g/mol. The number of nitrogens with zero attached hydrogens (tertiary/aromatic N) is 3. The first-order chi connectivity index (χ1) is 10.6. The van der Waals surface area contributed by atoms with E-state index in [1.165, 1.54) is 0 Å². The Balaban J connectivity index is 1.96. The highest BCUT2D eigenvalue weighted by molar-refractivity contribution is 9.10. The minimum Gasteiger partial charge on any atom is -0.507 e. The summed E-state index contributed by atoms with van der Waals surface area (Å²) in [6.45, 7) is 0. The summed E-state index contributed by atoms with van der Waals surface area (Å²) in [6.07, 6.45) is -0.333. The van der Waals surface area contributed by atoms with E-state index < -0.39 is 0 Å². The van der Waals surface area contributed by atoms with Gasteiger partial charge in [0.1, 0.15) is 5.75 Å². The van der Waals surface area contributed by atoms with Gasteiger partial charge in [0.25, 0.3) is 0 Å². The summed E-state index contributed by atoms with van der Waals surface area (Å²) in [4.78, 5) is 9.04. The molecule has 1 aliphatic rings. The van der Waals surface area contributed by atoms with Gasteiger partial charge in [0.15, 0.2) is 12.1 Å². The second-order valence-electron chi connectivity index (χ2n) is 5.02. The van der Waals surface area contributed by atoms with Crippen molar-refractivity contribution in [1.82, 2.24) is 9.55 Å². The lowest BCUT2D eigenvalue weighted by atomic mass is 10.1. The Labute approximate surface area is 134 Å². The van der Waals surface area contributed by atoms with E-state index >= 15 is 0 Å². The Morgan fingerprint density at radius 1 is 1.23 bits per heavy atom. The largest absolute Gasteiger partial charge is 0.507 e. The molecule has 3 aromatic rings. The van der Waals surface area contributed by atoms with Crippen LogP contribution in [0.5, 0.6) is 5.75 Å². The van der Waals surface area contributed by atoms with E-state index in [2.05, 4.69) is 31.2 Å². The molecule has 1 aliphatic heterocycles. The van der Waals surface area contributed by atoms with E-state index in [1.54, 1.807) is 6.07 Å². The molecule has 0 unspecified atom stereocenters. The predicted octanol–water partition coefficient (Wildman–Crippen LogP) is 2.79. The normalized spacial score (nSPS) is 17.0. The maximum Gasteiger partial charge on any atom is 0.212 e. The maximum absolute atomic E-state index is 9.68. The van der Waals surface area contributed by atoms with Gasteiger partial charge in [-0.2, -0.15) is 0 Å². The highest BCUT2D eigenvalue weighted by atomic mass is 79.9. The van der Waals surface area contributed by atoms with Crippen molar-refractivity contribution in [3.05, 3.63) is 52.5 Å². The van der Waals surface area contributed by atoms with Crippen LogP contribution >= 0.6 is 15.9 Å². The number of halogens is 1. The number of phenols is 1. The molecule has 4 N–H and O–H groups in total. The van der Waals surface area contributed by atoms with Crippen molar-refractivity contribution in [3.63, 3.8) is 0 Å². The standard InChI is InChI=1S/C15H12BrN5O/c16-9-7-8(5-6-12(9)22)13-19-14(17)20-15-18-10-3-1-2-4-11(10)21(13)15/h1-7,13,22H,(H3,17,18,19,20)/t13-/m1/s1. The third-order valence-corrected chi connectivity index (χ3v) is 4.25. The minimum absolute atomic E-state index is 0.186. The molecule has 0 spiro atoms. The number of benzene rings is 2. The summed E-state index contributed by atoms with van der Waals surface area (Å²) in [7, 11) is 0. The molecule has 2 heterocycles. The number of hydrogen-bond acceptors (Lipinski definition) is 5. The van der Waals surface area contributed by atoms with Gasteiger partial charge in [0.05, 0.1) is 15.5 Å². The molecule has 0 saturated carbocycles. The van der Waals surface area contributed by atoms with E-state index in [9.17, 15) is 5.11 Å². The average molecular weight is 358 g/mol.